The molecule has 0 aliphatic rings. The lowest BCUT2D eigenvalue weighted by atomic mass is 10.1. The van der Waals surface area contributed by atoms with E-state index in [1.165, 1.54) is 5.56 Å². The van der Waals surface area contributed by atoms with Gasteiger partial charge >= 0.3 is 0 Å². The summed E-state index contributed by atoms with van der Waals surface area (Å²) in [6, 6.07) is 7.98. The van der Waals surface area contributed by atoms with E-state index in [2.05, 4.69) is 20.3 Å². The monoisotopic (exact) mass is 355 g/mol. The lowest BCUT2D eigenvalue weighted by Gasteiger charge is -2.07. The molecule has 0 amide bonds. The second-order valence-corrected chi connectivity index (χ2v) is 7.97. The summed E-state index contributed by atoms with van der Waals surface area (Å²) >= 11 is 4.96. The van der Waals surface area contributed by atoms with Crippen LogP contribution in [-0.4, -0.2) is 10.4 Å². The molecular formula is C14H14BrNOS2. The minimum Gasteiger partial charge on any atom is -0.229 e. The van der Waals surface area contributed by atoms with Gasteiger partial charge in [0.1, 0.15) is 0 Å². The predicted molar refractivity (Wildman–Crippen MR) is 86.7 cm³/mol. The summed E-state index contributed by atoms with van der Waals surface area (Å²) in [7, 11) is -1.35. The van der Waals surface area contributed by atoms with Crippen LogP contribution < -0.4 is 0 Å². The van der Waals surface area contributed by atoms with Crippen molar-refractivity contribution in [1.82, 2.24) is 0 Å². The van der Waals surface area contributed by atoms with Crippen LogP contribution in [0.25, 0.3) is 0 Å². The van der Waals surface area contributed by atoms with E-state index in [1.54, 1.807) is 17.6 Å². The topological polar surface area (TPSA) is 29.4 Å². The van der Waals surface area contributed by atoms with Crippen LogP contribution in [0.3, 0.4) is 0 Å². The Morgan fingerprint density at radius 2 is 1.84 bits per heavy atom. The second-order valence-electron chi connectivity index (χ2n) is 4.35. The van der Waals surface area contributed by atoms with Crippen LogP contribution in [0, 0.1) is 20.8 Å². The molecule has 0 N–H and O–H groups in total. The number of hydrogen-bond acceptors (Lipinski definition) is 2. The summed E-state index contributed by atoms with van der Waals surface area (Å²) in [6.45, 7) is 5.99. The zero-order valence-electron chi connectivity index (χ0n) is 10.9. The third-order valence-corrected chi connectivity index (χ3v) is 5.50. The zero-order valence-corrected chi connectivity index (χ0v) is 14.2. The zero-order chi connectivity index (χ0) is 14.0. The Kier molecular flexibility index (Phi) is 4.71. The molecule has 2 aromatic rings. The van der Waals surface area contributed by atoms with Crippen molar-refractivity contribution in [2.75, 3.05) is 0 Å². The van der Waals surface area contributed by atoms with Crippen molar-refractivity contribution in [3.8, 4) is 0 Å². The van der Waals surface area contributed by atoms with Gasteiger partial charge in [0.05, 0.1) is 14.9 Å². The normalized spacial score (nSPS) is 13.1. The van der Waals surface area contributed by atoms with E-state index in [4.69, 9.17) is 0 Å². The molecule has 100 valence electrons. The summed E-state index contributed by atoms with van der Waals surface area (Å²) in [5.41, 5.74) is 3.24. The van der Waals surface area contributed by atoms with Gasteiger partial charge in [0, 0.05) is 4.88 Å². The minimum atomic E-state index is -1.35. The summed E-state index contributed by atoms with van der Waals surface area (Å²) in [5.74, 6) is 0. The van der Waals surface area contributed by atoms with Crippen molar-refractivity contribution in [3.05, 3.63) is 49.6 Å². The number of nitrogens with zero attached hydrogens (tertiary/aromatic N) is 1. The first-order chi connectivity index (χ1) is 8.97. The first kappa shape index (κ1) is 14.6. The van der Waals surface area contributed by atoms with Gasteiger partial charge in [-0.25, -0.2) is 4.21 Å². The Balaban J connectivity index is 2.28. The van der Waals surface area contributed by atoms with Crippen molar-refractivity contribution in [3.63, 3.8) is 0 Å². The fourth-order valence-electron chi connectivity index (χ4n) is 1.99. The fraction of sp³-hybridized carbons (Fsp3) is 0.214. The molecule has 2 rings (SSSR count). The highest BCUT2D eigenvalue weighted by Gasteiger charge is 2.10. The van der Waals surface area contributed by atoms with Crippen LogP contribution in [0.15, 0.2) is 37.3 Å². The van der Waals surface area contributed by atoms with Crippen molar-refractivity contribution < 1.29 is 4.21 Å². The first-order valence-corrected chi connectivity index (χ1v) is 8.48. The SMILES string of the molecule is Cc1cc(C)c([S@](=O)/N=C/c2ccc(Br)s2)c(C)c1. The molecule has 5 heteroatoms. The third kappa shape index (κ3) is 3.61. The van der Waals surface area contributed by atoms with E-state index in [-0.39, 0.29) is 0 Å². The Bertz CT molecular complexity index is 638. The molecule has 0 radical (unpaired) electrons. The molecule has 1 heterocycles. The molecule has 0 saturated heterocycles. The molecular weight excluding hydrogens is 342 g/mol. The van der Waals surface area contributed by atoms with E-state index in [9.17, 15) is 4.21 Å². The van der Waals surface area contributed by atoms with E-state index in [0.29, 0.717) is 0 Å². The molecule has 1 atom stereocenters. The molecule has 2 nitrogen and oxygen atoms in total. The average Bonchev–Trinajstić information content (AvgIpc) is 2.71. The van der Waals surface area contributed by atoms with E-state index < -0.39 is 11.0 Å². The van der Waals surface area contributed by atoms with Gasteiger partial charge in [-0.15, -0.1) is 11.3 Å². The molecule has 0 aliphatic carbocycles. The smallest absolute Gasteiger partial charge is 0.173 e. The van der Waals surface area contributed by atoms with Gasteiger partial charge in [-0.1, -0.05) is 17.7 Å². The molecule has 1 aromatic carbocycles. The highest BCUT2D eigenvalue weighted by atomic mass is 79.9. The average molecular weight is 356 g/mol. The van der Waals surface area contributed by atoms with Crippen LogP contribution in [0.4, 0.5) is 0 Å². The summed E-state index contributed by atoms with van der Waals surface area (Å²) in [4.78, 5) is 1.81. The van der Waals surface area contributed by atoms with Gasteiger partial charge in [-0.3, -0.25) is 0 Å². The van der Waals surface area contributed by atoms with Crippen LogP contribution in [0.1, 0.15) is 21.6 Å². The second kappa shape index (κ2) is 6.11. The summed E-state index contributed by atoms with van der Waals surface area (Å²) in [6.07, 6.45) is 1.67. The number of benzene rings is 1. The van der Waals surface area contributed by atoms with Crippen molar-refractivity contribution in [2.24, 2.45) is 4.40 Å². The lowest BCUT2D eigenvalue weighted by molar-refractivity contribution is 0.683. The van der Waals surface area contributed by atoms with Gasteiger partial charge in [0.2, 0.25) is 0 Å². The maximum atomic E-state index is 12.3. The van der Waals surface area contributed by atoms with Crippen molar-refractivity contribution in [1.29, 1.82) is 0 Å². The Hall–Kier alpha value is -0.780. The number of thiophene rings is 1. The Morgan fingerprint density at radius 1 is 1.21 bits per heavy atom. The van der Waals surface area contributed by atoms with Crippen molar-refractivity contribution in [2.45, 2.75) is 25.7 Å². The van der Waals surface area contributed by atoms with Crippen LogP contribution in [0.5, 0.6) is 0 Å². The first-order valence-electron chi connectivity index (χ1n) is 5.76. The van der Waals surface area contributed by atoms with E-state index in [0.717, 1.165) is 24.7 Å². The number of aryl methyl sites for hydroxylation is 3. The maximum Gasteiger partial charge on any atom is 0.173 e. The molecule has 0 fully saturated rings. The van der Waals surface area contributed by atoms with Gasteiger partial charge in [0.25, 0.3) is 0 Å². The van der Waals surface area contributed by atoms with E-state index in [1.807, 2.05) is 45.0 Å². The summed E-state index contributed by atoms with van der Waals surface area (Å²) in [5, 5.41) is 0. The Labute approximate surface area is 128 Å². The third-order valence-electron chi connectivity index (χ3n) is 2.65. The van der Waals surface area contributed by atoms with Crippen LogP contribution in [0.2, 0.25) is 0 Å². The molecule has 0 bridgehead atoms. The molecule has 0 spiro atoms. The summed E-state index contributed by atoms with van der Waals surface area (Å²) < 4.78 is 17.5. The molecule has 0 unspecified atom stereocenters. The van der Waals surface area contributed by atoms with E-state index >= 15 is 0 Å². The molecule has 19 heavy (non-hydrogen) atoms. The van der Waals surface area contributed by atoms with Crippen LogP contribution in [-0.2, 0) is 11.0 Å². The number of rotatable bonds is 3. The lowest BCUT2D eigenvalue weighted by Crippen LogP contribution is -1.97. The van der Waals surface area contributed by atoms with Gasteiger partial charge < -0.3 is 0 Å². The predicted octanol–water partition coefficient (Wildman–Crippen LogP) is 4.58. The van der Waals surface area contributed by atoms with Gasteiger partial charge in [-0.05, 0) is 60.0 Å². The highest BCUT2D eigenvalue weighted by Crippen LogP contribution is 2.23. The highest BCUT2D eigenvalue weighted by molar-refractivity contribution is 9.11. The Morgan fingerprint density at radius 3 is 2.37 bits per heavy atom. The maximum absolute atomic E-state index is 12.3. The quantitative estimate of drug-likeness (QED) is 0.741. The minimum absolute atomic E-state index is 0.817. The molecule has 0 saturated carbocycles. The fourth-order valence-corrected chi connectivity index (χ4v) is 4.34. The molecule has 0 aliphatic heterocycles. The standard InChI is InChI=1S/C14H14BrNOS2/c1-9-6-10(2)14(11(3)7-9)19(17)16-8-12-4-5-13(15)18-12/h4-8H,1-3H3/b16-8+/t19-/m0/s1. The number of halogens is 1. The van der Waals surface area contributed by atoms with Gasteiger partial charge in [0.15, 0.2) is 11.0 Å². The van der Waals surface area contributed by atoms with Gasteiger partial charge in [-0.2, -0.15) is 4.40 Å². The largest absolute Gasteiger partial charge is 0.229 e. The van der Waals surface area contributed by atoms with Crippen molar-refractivity contribution >= 4 is 44.5 Å². The van der Waals surface area contributed by atoms with Crippen LogP contribution >= 0.6 is 27.3 Å². The number of hydrogen-bond donors (Lipinski definition) is 0. The molecule has 1 aromatic heterocycles.